The van der Waals surface area contributed by atoms with E-state index in [2.05, 4.69) is 9.98 Å². The van der Waals surface area contributed by atoms with Crippen LogP contribution in [-0.4, -0.2) is 24.7 Å². The molecule has 0 unspecified atom stereocenters. The topological polar surface area (TPSA) is 98.5 Å². The molecule has 1 aliphatic heterocycles. The smallest absolute Gasteiger partial charge is 0.416 e. The summed E-state index contributed by atoms with van der Waals surface area (Å²) in [6, 6.07) is 10.0. The number of nitrogens with two attached hydrogens (primary N) is 2. The van der Waals surface area contributed by atoms with Crippen molar-refractivity contribution in [3.05, 3.63) is 48.0 Å². The third kappa shape index (κ3) is 4.17. The van der Waals surface area contributed by atoms with Gasteiger partial charge in [-0.15, -0.1) is 0 Å². The van der Waals surface area contributed by atoms with Gasteiger partial charge in [-0.05, 0) is 68.1 Å². The van der Waals surface area contributed by atoms with Gasteiger partial charge in [-0.25, -0.2) is 4.99 Å². The number of methoxy groups -OCH3 is 1. The highest BCUT2D eigenvalue weighted by atomic mass is 19.4. The summed E-state index contributed by atoms with van der Waals surface area (Å²) in [5, 5.41) is 0. The Morgan fingerprint density at radius 1 is 0.969 bits per heavy atom. The Kier molecular flexibility index (Phi) is 5.62. The first-order valence-corrected chi connectivity index (χ1v) is 10.2. The van der Waals surface area contributed by atoms with Crippen molar-refractivity contribution in [2.24, 2.45) is 21.5 Å². The lowest BCUT2D eigenvalue weighted by Crippen LogP contribution is -2.58. The fourth-order valence-corrected chi connectivity index (χ4v) is 4.20. The number of aliphatic imine (C=N–C) groups is 2. The average molecular weight is 447 g/mol. The Morgan fingerprint density at radius 3 is 2.25 bits per heavy atom. The van der Waals surface area contributed by atoms with Crippen LogP contribution in [0.15, 0.2) is 52.4 Å². The second-order valence-corrected chi connectivity index (χ2v) is 7.78. The van der Waals surface area contributed by atoms with E-state index in [1.165, 1.54) is 18.1 Å². The second-order valence-electron chi connectivity index (χ2n) is 7.78. The molecule has 0 atom stereocenters. The summed E-state index contributed by atoms with van der Waals surface area (Å²) in [7, 11) is 1.54. The van der Waals surface area contributed by atoms with Gasteiger partial charge >= 0.3 is 6.18 Å². The van der Waals surface area contributed by atoms with Gasteiger partial charge in [0.2, 0.25) is 11.9 Å². The quantitative estimate of drug-likeness (QED) is 0.713. The number of anilines is 1. The highest BCUT2D eigenvalue weighted by Crippen LogP contribution is 2.45. The molecular weight excluding hydrogens is 423 g/mol. The molecule has 1 aliphatic carbocycles. The predicted octanol–water partition coefficient (Wildman–Crippen LogP) is 4.62. The highest BCUT2D eigenvalue weighted by molar-refractivity contribution is 6.06. The number of hydrogen-bond donors (Lipinski definition) is 2. The summed E-state index contributed by atoms with van der Waals surface area (Å²) in [5.41, 5.74) is 10.5. The van der Waals surface area contributed by atoms with E-state index < -0.39 is 17.4 Å². The summed E-state index contributed by atoms with van der Waals surface area (Å²) in [6.45, 7) is 0. The van der Waals surface area contributed by atoms with Gasteiger partial charge in [-0.1, -0.05) is 6.42 Å². The van der Waals surface area contributed by atoms with Gasteiger partial charge in [0.15, 0.2) is 5.75 Å². The van der Waals surface area contributed by atoms with Crippen LogP contribution < -0.4 is 25.8 Å². The molecule has 0 amide bonds. The minimum atomic E-state index is -4.54. The number of nitrogens with zero attached hydrogens (tertiary/aromatic N) is 3. The van der Waals surface area contributed by atoms with Gasteiger partial charge < -0.3 is 20.9 Å². The molecule has 10 heteroatoms. The zero-order chi connectivity index (χ0) is 22.9. The van der Waals surface area contributed by atoms with E-state index in [0.29, 0.717) is 24.3 Å². The van der Waals surface area contributed by atoms with Crippen molar-refractivity contribution in [3.63, 3.8) is 0 Å². The molecule has 0 bridgehead atoms. The zero-order valence-corrected chi connectivity index (χ0v) is 17.5. The van der Waals surface area contributed by atoms with Crippen molar-refractivity contribution in [3.8, 4) is 17.2 Å². The number of rotatable bonds is 4. The van der Waals surface area contributed by atoms with Crippen LogP contribution in [-0.2, 0) is 6.18 Å². The molecule has 0 saturated heterocycles. The maximum absolute atomic E-state index is 13.6. The molecule has 2 aromatic rings. The van der Waals surface area contributed by atoms with Crippen molar-refractivity contribution in [2.75, 3.05) is 12.0 Å². The van der Waals surface area contributed by atoms with Crippen LogP contribution in [0, 0.1) is 0 Å². The normalized spacial score (nSPS) is 18.2. The van der Waals surface area contributed by atoms with Gasteiger partial charge in [-0.3, -0.25) is 4.90 Å². The number of benzene rings is 2. The van der Waals surface area contributed by atoms with Gasteiger partial charge in [0, 0.05) is 0 Å². The lowest BCUT2D eigenvalue weighted by Gasteiger charge is -2.46. The second kappa shape index (κ2) is 8.25. The molecule has 7 nitrogen and oxygen atoms in total. The monoisotopic (exact) mass is 447 g/mol. The molecule has 4 N–H and O–H groups in total. The third-order valence-electron chi connectivity index (χ3n) is 5.67. The SMILES string of the molecule is COc1ccc(Oc2ccc(C(F)(F)F)cc2N2C(N)=NC(N)=NC23CCCCC3)cc1. The van der Waals surface area contributed by atoms with E-state index in [1.54, 1.807) is 24.3 Å². The fourth-order valence-electron chi connectivity index (χ4n) is 4.20. The van der Waals surface area contributed by atoms with Crippen LogP contribution in [0.1, 0.15) is 37.7 Å². The maximum atomic E-state index is 13.6. The summed E-state index contributed by atoms with van der Waals surface area (Å²) in [6.07, 6.45) is -0.691. The van der Waals surface area contributed by atoms with Gasteiger partial charge in [0.25, 0.3) is 0 Å². The summed E-state index contributed by atoms with van der Waals surface area (Å²) >= 11 is 0. The largest absolute Gasteiger partial charge is 0.497 e. The fraction of sp³-hybridized carbons (Fsp3) is 0.364. The predicted molar refractivity (Wildman–Crippen MR) is 116 cm³/mol. The van der Waals surface area contributed by atoms with Crippen LogP contribution in [0.2, 0.25) is 0 Å². The Bertz CT molecular complexity index is 1040. The Labute approximate surface area is 183 Å². The number of hydrogen-bond acceptors (Lipinski definition) is 7. The Hall–Kier alpha value is -3.43. The molecular formula is C22H24F3N5O2. The van der Waals surface area contributed by atoms with Crippen molar-refractivity contribution in [1.82, 2.24) is 0 Å². The van der Waals surface area contributed by atoms with Gasteiger partial charge in [-0.2, -0.15) is 18.2 Å². The molecule has 2 aliphatic rings. The molecule has 1 spiro atoms. The first-order chi connectivity index (χ1) is 15.2. The van der Waals surface area contributed by atoms with E-state index in [1.807, 2.05) is 0 Å². The van der Waals surface area contributed by atoms with E-state index in [4.69, 9.17) is 20.9 Å². The Morgan fingerprint density at radius 2 is 1.62 bits per heavy atom. The number of halogens is 3. The van der Waals surface area contributed by atoms with E-state index >= 15 is 0 Å². The number of alkyl halides is 3. The summed E-state index contributed by atoms with van der Waals surface area (Å²) < 4.78 is 51.9. The Balaban J connectivity index is 1.83. The van der Waals surface area contributed by atoms with Gasteiger partial charge in [0.1, 0.15) is 17.2 Å². The minimum absolute atomic E-state index is 0.0155. The summed E-state index contributed by atoms with van der Waals surface area (Å²) in [4.78, 5) is 10.1. The van der Waals surface area contributed by atoms with Crippen molar-refractivity contribution < 1.29 is 22.6 Å². The third-order valence-corrected chi connectivity index (χ3v) is 5.67. The van der Waals surface area contributed by atoms with Crippen molar-refractivity contribution in [2.45, 2.75) is 43.9 Å². The van der Waals surface area contributed by atoms with Crippen LogP contribution in [0.25, 0.3) is 0 Å². The molecule has 1 fully saturated rings. The zero-order valence-electron chi connectivity index (χ0n) is 17.5. The lowest BCUT2D eigenvalue weighted by molar-refractivity contribution is -0.137. The van der Waals surface area contributed by atoms with Crippen molar-refractivity contribution in [1.29, 1.82) is 0 Å². The molecule has 2 aromatic carbocycles. The maximum Gasteiger partial charge on any atom is 0.416 e. The molecule has 0 radical (unpaired) electrons. The number of ether oxygens (including phenoxy) is 2. The van der Waals surface area contributed by atoms with E-state index in [9.17, 15) is 13.2 Å². The van der Waals surface area contributed by atoms with Crippen LogP contribution in [0.5, 0.6) is 17.2 Å². The first kappa shape index (κ1) is 21.8. The van der Waals surface area contributed by atoms with Crippen LogP contribution >= 0.6 is 0 Å². The minimum Gasteiger partial charge on any atom is -0.497 e. The molecule has 1 heterocycles. The van der Waals surface area contributed by atoms with Gasteiger partial charge in [0.05, 0.1) is 18.4 Å². The van der Waals surface area contributed by atoms with Crippen LogP contribution in [0.3, 0.4) is 0 Å². The summed E-state index contributed by atoms with van der Waals surface area (Å²) in [5.74, 6) is 1.26. The highest BCUT2D eigenvalue weighted by Gasteiger charge is 2.44. The standard InChI is InChI=1S/C22H24F3N5O2/c1-31-15-6-8-16(9-7-15)32-18-10-5-14(22(23,24)25)13-17(18)30-20(27)28-19(26)29-21(30)11-3-2-4-12-21/h5-10,13H,2-4,11-12H2,1H3,(H4,26,27,28,29). The molecule has 1 saturated carbocycles. The number of guanidine groups is 2. The van der Waals surface area contributed by atoms with Crippen molar-refractivity contribution >= 4 is 17.6 Å². The molecule has 4 rings (SSSR count). The van der Waals surface area contributed by atoms with E-state index in [-0.39, 0.29) is 23.4 Å². The first-order valence-electron chi connectivity index (χ1n) is 10.2. The van der Waals surface area contributed by atoms with Crippen LogP contribution in [0.4, 0.5) is 18.9 Å². The molecule has 170 valence electrons. The average Bonchev–Trinajstić information content (AvgIpc) is 2.74. The van der Waals surface area contributed by atoms with E-state index in [0.717, 1.165) is 31.4 Å². The molecule has 0 aromatic heterocycles. The lowest BCUT2D eigenvalue weighted by atomic mass is 9.87. The molecule has 32 heavy (non-hydrogen) atoms.